The van der Waals surface area contributed by atoms with E-state index in [1.54, 1.807) is 0 Å². The second kappa shape index (κ2) is 12.6. The van der Waals surface area contributed by atoms with E-state index in [9.17, 15) is 8.42 Å². The molecule has 0 radical (unpaired) electrons. The maximum atomic E-state index is 11.0. The minimum absolute atomic E-state index is 0.740. The van der Waals surface area contributed by atoms with Crippen LogP contribution in [0.2, 0.25) is 0 Å². The molecule has 0 aromatic rings. The number of rotatable bonds is 17. The molecule has 0 aliphatic rings. The fourth-order valence-electron chi connectivity index (χ4n) is 3.23. The molecule has 154 valence electrons. The Bertz CT molecular complexity index is 426. The summed E-state index contributed by atoms with van der Waals surface area (Å²) in [7, 11) is -4.35. The molecule has 0 fully saturated rings. The van der Waals surface area contributed by atoms with Crippen LogP contribution in [-0.2, 0) is 14.4 Å². The van der Waals surface area contributed by atoms with Crippen molar-refractivity contribution < 1.29 is 16.9 Å². The van der Waals surface area contributed by atoms with Gasteiger partial charge in [-0.25, -0.2) is 0 Å². The van der Waals surface area contributed by atoms with E-state index in [0.29, 0.717) is 0 Å². The van der Waals surface area contributed by atoms with Crippen molar-refractivity contribution in [2.24, 2.45) is 0 Å². The van der Waals surface area contributed by atoms with Crippen molar-refractivity contribution in [1.29, 1.82) is 0 Å². The SMILES string of the molecule is CCCCCCCCCCCCCCCCP(C)(C)(C)OS(=O)(=O)O. The third kappa shape index (κ3) is 18.9. The first kappa shape index (κ1) is 25.3. The normalized spacial score (nSPS) is 14.4. The Morgan fingerprint density at radius 2 is 1.00 bits per heavy atom. The molecule has 0 heterocycles. The van der Waals surface area contributed by atoms with Gasteiger partial charge in [0.2, 0.25) is 0 Å². The summed E-state index contributed by atoms with van der Waals surface area (Å²) in [6, 6.07) is 0. The predicted octanol–water partition coefficient (Wildman–Crippen LogP) is 6.64. The predicted molar refractivity (Wildman–Crippen MR) is 113 cm³/mol. The van der Waals surface area contributed by atoms with Gasteiger partial charge in [-0.05, 0) is 0 Å². The number of hydrogen-bond donors (Lipinski definition) is 1. The third-order valence-electron chi connectivity index (χ3n) is 4.64. The van der Waals surface area contributed by atoms with Crippen molar-refractivity contribution in [3.8, 4) is 0 Å². The Morgan fingerprint density at radius 1 is 0.680 bits per heavy atom. The van der Waals surface area contributed by atoms with Crippen molar-refractivity contribution in [1.82, 2.24) is 0 Å². The van der Waals surface area contributed by atoms with Gasteiger partial charge in [-0.2, -0.15) is 0 Å². The average molecular weight is 399 g/mol. The van der Waals surface area contributed by atoms with Crippen molar-refractivity contribution in [3.05, 3.63) is 0 Å². The van der Waals surface area contributed by atoms with Gasteiger partial charge < -0.3 is 0 Å². The Balaban J connectivity index is 3.47. The molecule has 1 N–H and O–H groups in total. The molecular formula is C19H43O4PS. The standard InChI is InChI=1S/C19H43O4PS/c1-5-6-7-8-9-10-11-12-13-14-15-16-17-18-19-24(2,3,4)23-25(20,21)22/h5-19H2,1-4H3,(H,20,21,22). The van der Waals surface area contributed by atoms with Crippen LogP contribution in [0.5, 0.6) is 0 Å². The van der Waals surface area contributed by atoms with Gasteiger partial charge in [0.15, 0.2) is 0 Å². The van der Waals surface area contributed by atoms with Gasteiger partial charge in [-0.15, -0.1) is 0 Å². The van der Waals surface area contributed by atoms with Crippen LogP contribution in [0.3, 0.4) is 0 Å². The zero-order valence-electron chi connectivity index (χ0n) is 17.1. The van der Waals surface area contributed by atoms with E-state index in [1.807, 2.05) is 20.0 Å². The Kier molecular flexibility index (Phi) is 12.8. The molecule has 0 aromatic carbocycles. The van der Waals surface area contributed by atoms with Gasteiger partial charge in [0, 0.05) is 0 Å². The topological polar surface area (TPSA) is 63.6 Å². The summed E-state index contributed by atoms with van der Waals surface area (Å²) in [5, 5.41) is 0. The first-order valence-electron chi connectivity index (χ1n) is 10.2. The van der Waals surface area contributed by atoms with Crippen LogP contribution in [0.4, 0.5) is 0 Å². The van der Waals surface area contributed by atoms with E-state index >= 15 is 0 Å². The summed E-state index contributed by atoms with van der Waals surface area (Å²) >= 11 is 0. The fourth-order valence-corrected chi connectivity index (χ4v) is 7.62. The van der Waals surface area contributed by atoms with Crippen LogP contribution in [0, 0.1) is 0 Å². The number of hydrogen-bond acceptors (Lipinski definition) is 3. The van der Waals surface area contributed by atoms with Crippen molar-refractivity contribution in [2.45, 2.75) is 96.8 Å². The summed E-state index contributed by atoms with van der Waals surface area (Å²) in [4.78, 5) is 0. The van der Waals surface area contributed by atoms with Crippen molar-refractivity contribution in [2.75, 3.05) is 26.2 Å². The monoisotopic (exact) mass is 398 g/mol. The summed E-state index contributed by atoms with van der Waals surface area (Å²) in [6.45, 7) is 5.06. The Labute approximate surface area is 157 Å². The van der Waals surface area contributed by atoms with Crippen molar-refractivity contribution in [3.63, 3.8) is 0 Å². The molecule has 0 rings (SSSR count). The second-order valence-corrected chi connectivity index (χ2v) is 16.6. The van der Waals surface area contributed by atoms with Gasteiger partial charge in [-0.3, -0.25) is 0 Å². The van der Waals surface area contributed by atoms with E-state index in [4.69, 9.17) is 8.52 Å². The molecule has 0 aromatic heterocycles. The molecule has 0 atom stereocenters. The molecule has 0 spiro atoms. The summed E-state index contributed by atoms with van der Waals surface area (Å²) in [6.07, 6.45) is 19.0. The number of unbranched alkanes of at least 4 members (excludes halogenated alkanes) is 13. The van der Waals surface area contributed by atoms with E-state index < -0.39 is 17.2 Å². The minimum atomic E-state index is -4.35. The van der Waals surface area contributed by atoms with Crippen molar-refractivity contribution >= 4 is 17.2 Å². The molecular weight excluding hydrogens is 355 g/mol. The second-order valence-electron chi connectivity index (χ2n) is 8.79. The maximum absolute atomic E-state index is 11.0. The quantitative estimate of drug-likeness (QED) is 0.169. The van der Waals surface area contributed by atoms with Gasteiger partial charge >= 0.3 is 131 Å². The Morgan fingerprint density at radius 3 is 1.32 bits per heavy atom. The van der Waals surface area contributed by atoms with Crippen LogP contribution in [0.25, 0.3) is 0 Å². The molecule has 4 nitrogen and oxygen atoms in total. The fraction of sp³-hybridized carbons (Fsp3) is 1.00. The molecule has 0 saturated heterocycles. The van der Waals surface area contributed by atoms with E-state index in [1.165, 1.54) is 77.0 Å². The Hall–Kier alpha value is 0.300. The van der Waals surface area contributed by atoms with Crippen LogP contribution in [0.1, 0.15) is 96.8 Å². The first-order valence-corrected chi connectivity index (χ1v) is 15.3. The average Bonchev–Trinajstić information content (AvgIpc) is 2.44. The summed E-state index contributed by atoms with van der Waals surface area (Å²) < 4.78 is 35.8. The molecule has 0 amide bonds. The molecule has 6 heteroatoms. The van der Waals surface area contributed by atoms with Gasteiger partial charge in [0.1, 0.15) is 0 Å². The van der Waals surface area contributed by atoms with E-state index in [2.05, 4.69) is 6.92 Å². The molecule has 0 aliphatic heterocycles. The molecule has 0 saturated carbocycles. The first-order chi connectivity index (χ1) is 11.5. The molecule has 25 heavy (non-hydrogen) atoms. The van der Waals surface area contributed by atoms with Crippen LogP contribution in [0.15, 0.2) is 0 Å². The molecule has 0 bridgehead atoms. The van der Waals surface area contributed by atoms with Crippen LogP contribution < -0.4 is 0 Å². The van der Waals surface area contributed by atoms with Crippen LogP contribution in [-0.4, -0.2) is 39.1 Å². The van der Waals surface area contributed by atoms with E-state index in [-0.39, 0.29) is 0 Å². The van der Waals surface area contributed by atoms with Gasteiger partial charge in [0.25, 0.3) is 0 Å². The van der Waals surface area contributed by atoms with Crippen LogP contribution >= 0.6 is 6.83 Å². The zero-order valence-corrected chi connectivity index (χ0v) is 18.8. The van der Waals surface area contributed by atoms with Gasteiger partial charge in [0.05, 0.1) is 0 Å². The zero-order chi connectivity index (χ0) is 19.3. The molecule has 0 unspecified atom stereocenters. The van der Waals surface area contributed by atoms with Gasteiger partial charge in [-0.1, -0.05) is 26.2 Å². The third-order valence-corrected chi connectivity index (χ3v) is 9.45. The summed E-state index contributed by atoms with van der Waals surface area (Å²) in [5.41, 5.74) is 0. The summed E-state index contributed by atoms with van der Waals surface area (Å²) in [5.74, 6) is 0. The van der Waals surface area contributed by atoms with E-state index in [0.717, 1.165) is 19.0 Å². The molecule has 0 aliphatic carbocycles.